The number of aliphatic hydroxyl groups excluding tert-OH is 1. The molecule has 0 radical (unpaired) electrons. The van der Waals surface area contributed by atoms with E-state index in [1.165, 1.54) is 0 Å². The van der Waals surface area contributed by atoms with Gasteiger partial charge >= 0.3 is 0 Å². The molecule has 0 saturated carbocycles. The first-order valence-corrected chi connectivity index (χ1v) is 11.3. The van der Waals surface area contributed by atoms with Gasteiger partial charge in [-0.25, -0.2) is 4.98 Å². The Morgan fingerprint density at radius 2 is 1.97 bits per heavy atom. The van der Waals surface area contributed by atoms with E-state index < -0.39 is 0 Å². The lowest BCUT2D eigenvalue weighted by Gasteiger charge is -2.34. The molecule has 0 aliphatic carbocycles. The maximum Gasteiger partial charge on any atom is 0.244 e. The van der Waals surface area contributed by atoms with Gasteiger partial charge in [-0.15, -0.1) is 0 Å². The molecule has 1 atom stereocenters. The average molecular weight is 453 g/mol. The molecular weight excluding hydrogens is 424 g/mol. The van der Waals surface area contributed by atoms with Crippen molar-refractivity contribution in [3.05, 3.63) is 47.9 Å². The summed E-state index contributed by atoms with van der Waals surface area (Å²) in [6, 6.07) is 7.59. The molecule has 174 valence electrons. The number of nitrogens with zero attached hydrogens (tertiary/aromatic N) is 6. The number of amides is 1. The van der Waals surface area contributed by atoms with E-state index in [2.05, 4.69) is 19.9 Å². The van der Waals surface area contributed by atoms with Gasteiger partial charge in [0.25, 0.3) is 0 Å². The molecule has 2 aliphatic rings. The van der Waals surface area contributed by atoms with Gasteiger partial charge < -0.3 is 23.8 Å². The normalized spacial score (nSPS) is 19.4. The van der Waals surface area contributed by atoms with Crippen LogP contribution in [-0.2, 0) is 17.9 Å². The van der Waals surface area contributed by atoms with Crippen LogP contribution in [0.25, 0.3) is 11.4 Å². The van der Waals surface area contributed by atoms with E-state index in [1.54, 1.807) is 19.2 Å². The number of piperazine rings is 1. The van der Waals surface area contributed by atoms with Gasteiger partial charge in [0.1, 0.15) is 23.9 Å². The van der Waals surface area contributed by atoms with Crippen LogP contribution in [0.15, 0.2) is 39.4 Å². The molecule has 2 aliphatic heterocycles. The Morgan fingerprint density at radius 1 is 1.15 bits per heavy atom. The molecule has 33 heavy (non-hydrogen) atoms. The molecule has 1 N–H and O–H groups in total. The third kappa shape index (κ3) is 4.62. The highest BCUT2D eigenvalue weighted by molar-refractivity contribution is 5.73. The number of furan rings is 1. The molecule has 10 nitrogen and oxygen atoms in total. The second-order valence-corrected chi connectivity index (χ2v) is 8.51. The fourth-order valence-electron chi connectivity index (χ4n) is 4.56. The summed E-state index contributed by atoms with van der Waals surface area (Å²) in [6.45, 7) is 5.94. The molecule has 5 heterocycles. The summed E-state index contributed by atoms with van der Waals surface area (Å²) < 4.78 is 11.3. The number of rotatable bonds is 6. The molecule has 0 aromatic carbocycles. The van der Waals surface area contributed by atoms with E-state index in [9.17, 15) is 9.90 Å². The first-order chi connectivity index (χ1) is 16.1. The maximum absolute atomic E-state index is 11.6. The Kier molecular flexibility index (Phi) is 6.10. The van der Waals surface area contributed by atoms with Crippen molar-refractivity contribution in [2.24, 2.45) is 0 Å². The molecule has 3 aromatic rings. The first kappa shape index (κ1) is 21.6. The van der Waals surface area contributed by atoms with E-state index in [-0.39, 0.29) is 18.6 Å². The quantitative estimate of drug-likeness (QED) is 0.601. The molecule has 2 saturated heterocycles. The molecule has 0 spiro atoms. The van der Waals surface area contributed by atoms with Crippen LogP contribution in [0, 0.1) is 0 Å². The monoisotopic (exact) mass is 452 g/mol. The van der Waals surface area contributed by atoms with Gasteiger partial charge in [0.2, 0.25) is 17.6 Å². The summed E-state index contributed by atoms with van der Waals surface area (Å²) in [7, 11) is 0. The molecule has 5 rings (SSSR count). The minimum Gasteiger partial charge on any atom is -0.462 e. The number of carbonyl (C=O) groups excluding carboxylic acids is 1. The lowest BCUT2D eigenvalue weighted by molar-refractivity contribution is -0.129. The fraction of sp³-hybridized carbons (Fsp3) is 0.478. The third-order valence-electron chi connectivity index (χ3n) is 6.38. The number of anilines is 1. The second kappa shape index (κ2) is 9.32. The Morgan fingerprint density at radius 3 is 2.73 bits per heavy atom. The topological polar surface area (TPSA) is 112 Å². The molecule has 1 amide bonds. The lowest BCUT2D eigenvalue weighted by Crippen LogP contribution is -2.48. The molecule has 10 heteroatoms. The van der Waals surface area contributed by atoms with Crippen molar-refractivity contribution in [3.63, 3.8) is 0 Å². The predicted molar refractivity (Wildman–Crippen MR) is 119 cm³/mol. The number of carbonyl (C=O) groups is 1. The van der Waals surface area contributed by atoms with Crippen molar-refractivity contribution in [2.45, 2.75) is 39.0 Å². The maximum atomic E-state index is 11.6. The van der Waals surface area contributed by atoms with Crippen molar-refractivity contribution in [1.29, 1.82) is 0 Å². The van der Waals surface area contributed by atoms with E-state index in [0.29, 0.717) is 37.1 Å². The largest absolute Gasteiger partial charge is 0.462 e. The highest BCUT2D eigenvalue weighted by Gasteiger charge is 2.31. The zero-order valence-corrected chi connectivity index (χ0v) is 18.7. The van der Waals surface area contributed by atoms with Crippen LogP contribution in [0.5, 0.6) is 0 Å². The van der Waals surface area contributed by atoms with Gasteiger partial charge in [0, 0.05) is 44.9 Å². The van der Waals surface area contributed by atoms with Crippen molar-refractivity contribution >= 4 is 11.7 Å². The molecule has 2 fully saturated rings. The minimum absolute atomic E-state index is 0.0369. The Hall–Kier alpha value is -3.24. The van der Waals surface area contributed by atoms with Gasteiger partial charge in [-0.05, 0) is 43.7 Å². The summed E-state index contributed by atoms with van der Waals surface area (Å²) >= 11 is 0. The highest BCUT2D eigenvalue weighted by atomic mass is 16.5. The van der Waals surface area contributed by atoms with Crippen LogP contribution in [-0.4, -0.2) is 68.7 Å². The van der Waals surface area contributed by atoms with Gasteiger partial charge in [0.15, 0.2) is 0 Å². The summed E-state index contributed by atoms with van der Waals surface area (Å²) in [5, 5.41) is 13.5. The van der Waals surface area contributed by atoms with Gasteiger partial charge in [0.05, 0.1) is 12.6 Å². The Labute approximate surface area is 191 Å². The Bertz CT molecular complexity index is 1100. The van der Waals surface area contributed by atoms with E-state index in [4.69, 9.17) is 13.9 Å². The van der Waals surface area contributed by atoms with Crippen molar-refractivity contribution < 1.29 is 18.8 Å². The standard InChI is InChI=1S/C23H28N6O4/c1-16(31)27-9-11-28(12-10-27)21-13-17(6-7-24-21)22-25-23(33-26-22)20-3-2-8-29(20)14-18-4-5-19(15-30)32-18/h4-7,13,20,30H,2-3,8-12,14-15H2,1H3. The smallest absolute Gasteiger partial charge is 0.244 e. The van der Waals surface area contributed by atoms with E-state index in [1.807, 2.05) is 23.1 Å². The predicted octanol–water partition coefficient (Wildman–Crippen LogP) is 2.22. The Balaban J connectivity index is 1.28. The van der Waals surface area contributed by atoms with Crippen LogP contribution in [0.3, 0.4) is 0 Å². The van der Waals surface area contributed by atoms with Crippen LogP contribution in [0.1, 0.15) is 43.2 Å². The zero-order valence-electron chi connectivity index (χ0n) is 18.7. The number of pyridine rings is 1. The molecular formula is C23H28N6O4. The summed E-state index contributed by atoms with van der Waals surface area (Å²) in [5.41, 5.74) is 0.854. The van der Waals surface area contributed by atoms with Crippen molar-refractivity contribution in [3.8, 4) is 11.4 Å². The van der Waals surface area contributed by atoms with Gasteiger partial charge in [-0.1, -0.05) is 5.16 Å². The number of aliphatic hydroxyl groups is 1. The lowest BCUT2D eigenvalue weighted by atomic mass is 10.2. The minimum atomic E-state index is -0.100. The number of hydrogen-bond donors (Lipinski definition) is 1. The zero-order chi connectivity index (χ0) is 22.8. The van der Waals surface area contributed by atoms with Crippen LogP contribution in [0.4, 0.5) is 5.82 Å². The van der Waals surface area contributed by atoms with Crippen molar-refractivity contribution in [2.75, 3.05) is 37.6 Å². The van der Waals surface area contributed by atoms with Crippen molar-refractivity contribution in [1.82, 2.24) is 24.9 Å². The average Bonchev–Trinajstić information content (AvgIpc) is 3.60. The van der Waals surface area contributed by atoms with Gasteiger partial charge in [-0.2, -0.15) is 4.98 Å². The second-order valence-electron chi connectivity index (χ2n) is 8.51. The SMILES string of the molecule is CC(=O)N1CCN(c2cc(-c3noc(C4CCCN4Cc4ccc(CO)o4)n3)ccn2)CC1. The van der Waals surface area contributed by atoms with Crippen LogP contribution in [0.2, 0.25) is 0 Å². The number of hydrogen-bond acceptors (Lipinski definition) is 9. The summed E-state index contributed by atoms with van der Waals surface area (Å²) in [5.74, 6) is 3.49. The number of likely N-dealkylation sites (tertiary alicyclic amines) is 1. The van der Waals surface area contributed by atoms with Crippen LogP contribution < -0.4 is 4.90 Å². The molecule has 1 unspecified atom stereocenters. The fourth-order valence-corrected chi connectivity index (χ4v) is 4.56. The van der Waals surface area contributed by atoms with Crippen LogP contribution >= 0.6 is 0 Å². The highest BCUT2D eigenvalue weighted by Crippen LogP contribution is 2.33. The summed E-state index contributed by atoms with van der Waals surface area (Å²) in [4.78, 5) is 27.1. The van der Waals surface area contributed by atoms with Gasteiger partial charge in [-0.3, -0.25) is 9.69 Å². The molecule has 3 aromatic heterocycles. The summed E-state index contributed by atoms with van der Waals surface area (Å²) in [6.07, 6.45) is 3.74. The van der Waals surface area contributed by atoms with E-state index in [0.717, 1.165) is 49.6 Å². The third-order valence-corrected chi connectivity index (χ3v) is 6.38. The molecule has 0 bridgehead atoms. The van der Waals surface area contributed by atoms with E-state index >= 15 is 0 Å². The number of aromatic nitrogens is 3. The first-order valence-electron chi connectivity index (χ1n) is 11.3.